The van der Waals surface area contributed by atoms with Crippen LogP contribution in [0.4, 0.5) is 4.39 Å². The summed E-state index contributed by atoms with van der Waals surface area (Å²) in [6, 6.07) is 4.30. The van der Waals surface area contributed by atoms with Gasteiger partial charge in [-0.25, -0.2) is 4.39 Å². The molecule has 0 saturated heterocycles. The molecule has 0 heterocycles. The largest absolute Gasteiger partial charge is 0.381 e. The monoisotopic (exact) mass is 331 g/mol. The second-order valence-corrected chi connectivity index (χ2v) is 5.62. The van der Waals surface area contributed by atoms with E-state index in [1.54, 1.807) is 6.07 Å². The van der Waals surface area contributed by atoms with E-state index < -0.39 is 11.7 Å². The minimum atomic E-state index is -0.517. The topological polar surface area (TPSA) is 38.3 Å². The van der Waals surface area contributed by atoms with Crippen molar-refractivity contribution in [3.63, 3.8) is 0 Å². The normalized spacial score (nSPS) is 10.8. The molecule has 0 aliphatic rings. The lowest BCUT2D eigenvalue weighted by Crippen LogP contribution is -2.26. The van der Waals surface area contributed by atoms with Gasteiger partial charge in [-0.15, -0.1) is 0 Å². The van der Waals surface area contributed by atoms with Crippen LogP contribution in [0, 0.1) is 11.7 Å². The number of hydrogen-bond acceptors (Lipinski definition) is 2. The Labute approximate surface area is 121 Å². The van der Waals surface area contributed by atoms with E-state index in [0.717, 1.165) is 0 Å². The van der Waals surface area contributed by atoms with E-state index in [-0.39, 0.29) is 5.56 Å². The molecule has 0 fully saturated rings. The van der Waals surface area contributed by atoms with E-state index in [9.17, 15) is 9.18 Å². The molecule has 1 rings (SSSR count). The highest BCUT2D eigenvalue weighted by atomic mass is 79.9. The van der Waals surface area contributed by atoms with Crippen molar-refractivity contribution >= 4 is 21.8 Å². The zero-order valence-electron chi connectivity index (χ0n) is 11.2. The van der Waals surface area contributed by atoms with Crippen molar-refractivity contribution in [1.82, 2.24) is 5.32 Å². The maximum atomic E-state index is 13.4. The Morgan fingerprint density at radius 3 is 2.89 bits per heavy atom. The number of hydrogen-bond donors (Lipinski definition) is 1. The average Bonchev–Trinajstić information content (AvgIpc) is 2.36. The fourth-order valence-corrected chi connectivity index (χ4v) is 1.82. The van der Waals surface area contributed by atoms with Crippen LogP contribution in [0.25, 0.3) is 0 Å². The molecule has 0 unspecified atom stereocenters. The Morgan fingerprint density at radius 1 is 1.47 bits per heavy atom. The van der Waals surface area contributed by atoms with Crippen molar-refractivity contribution in [3.8, 4) is 0 Å². The van der Waals surface area contributed by atoms with Crippen LogP contribution in [0.3, 0.4) is 0 Å². The van der Waals surface area contributed by atoms with Gasteiger partial charge in [0.1, 0.15) is 5.82 Å². The highest BCUT2D eigenvalue weighted by Gasteiger charge is 2.11. The maximum Gasteiger partial charge on any atom is 0.254 e. The lowest BCUT2D eigenvalue weighted by atomic mass is 10.2. The molecular formula is C14H19BrFNO2. The zero-order chi connectivity index (χ0) is 14.3. The van der Waals surface area contributed by atoms with Gasteiger partial charge in [0.05, 0.1) is 5.56 Å². The molecular weight excluding hydrogens is 313 g/mol. The number of ether oxygens (including phenoxy) is 1. The molecule has 0 aliphatic heterocycles. The average molecular weight is 332 g/mol. The quantitative estimate of drug-likeness (QED) is 0.778. The number of nitrogens with one attached hydrogen (secondary N) is 1. The molecule has 106 valence electrons. The Hall–Kier alpha value is -0.940. The predicted molar refractivity (Wildman–Crippen MR) is 76.7 cm³/mol. The van der Waals surface area contributed by atoms with Crippen molar-refractivity contribution < 1.29 is 13.9 Å². The molecule has 19 heavy (non-hydrogen) atoms. The Morgan fingerprint density at radius 2 is 2.21 bits per heavy atom. The third-order valence-electron chi connectivity index (χ3n) is 2.38. The van der Waals surface area contributed by atoms with E-state index >= 15 is 0 Å². The minimum absolute atomic E-state index is 0.0532. The molecule has 0 aliphatic carbocycles. The van der Waals surface area contributed by atoms with Crippen molar-refractivity contribution in [2.45, 2.75) is 20.3 Å². The molecule has 0 radical (unpaired) electrons. The first-order chi connectivity index (χ1) is 9.00. The Bertz CT molecular complexity index is 424. The van der Waals surface area contributed by atoms with Gasteiger partial charge in [-0.2, -0.15) is 0 Å². The summed E-state index contributed by atoms with van der Waals surface area (Å²) < 4.78 is 19.5. The van der Waals surface area contributed by atoms with E-state index in [0.29, 0.717) is 36.6 Å². The summed E-state index contributed by atoms with van der Waals surface area (Å²) in [7, 11) is 0. The highest BCUT2D eigenvalue weighted by Crippen LogP contribution is 2.15. The van der Waals surface area contributed by atoms with Crippen LogP contribution >= 0.6 is 15.9 Å². The zero-order valence-corrected chi connectivity index (χ0v) is 12.8. The van der Waals surface area contributed by atoms with E-state index in [4.69, 9.17) is 4.74 Å². The maximum absolute atomic E-state index is 13.4. The van der Waals surface area contributed by atoms with E-state index in [1.165, 1.54) is 12.1 Å². The highest BCUT2D eigenvalue weighted by molar-refractivity contribution is 9.10. The second kappa shape index (κ2) is 8.27. The second-order valence-electron chi connectivity index (χ2n) is 4.70. The minimum Gasteiger partial charge on any atom is -0.381 e. The summed E-state index contributed by atoms with van der Waals surface area (Å²) in [6.45, 7) is 5.95. The molecule has 1 aromatic rings. The number of amides is 1. The van der Waals surface area contributed by atoms with Gasteiger partial charge in [-0.3, -0.25) is 4.79 Å². The third kappa shape index (κ3) is 6.16. The first kappa shape index (κ1) is 16.1. The number of halogens is 2. The van der Waals surface area contributed by atoms with Crippen molar-refractivity contribution in [2.24, 2.45) is 5.92 Å². The van der Waals surface area contributed by atoms with Gasteiger partial charge in [0, 0.05) is 24.2 Å². The molecule has 0 saturated carbocycles. The summed E-state index contributed by atoms with van der Waals surface area (Å²) >= 11 is 3.21. The van der Waals surface area contributed by atoms with Gasteiger partial charge < -0.3 is 10.1 Å². The van der Waals surface area contributed by atoms with Gasteiger partial charge >= 0.3 is 0 Å². The van der Waals surface area contributed by atoms with Crippen LogP contribution < -0.4 is 5.32 Å². The van der Waals surface area contributed by atoms with Crippen molar-refractivity contribution in [2.75, 3.05) is 19.8 Å². The smallest absolute Gasteiger partial charge is 0.254 e. The van der Waals surface area contributed by atoms with Crippen LogP contribution in [0.2, 0.25) is 0 Å². The van der Waals surface area contributed by atoms with Gasteiger partial charge in [0.2, 0.25) is 0 Å². The summed E-state index contributed by atoms with van der Waals surface area (Å²) in [5.41, 5.74) is 0.0532. The number of benzene rings is 1. The predicted octanol–water partition coefficient (Wildman–Crippen LogP) is 3.38. The molecule has 3 nitrogen and oxygen atoms in total. The molecule has 0 spiro atoms. The number of carbonyl (C=O) groups is 1. The van der Waals surface area contributed by atoms with Crippen LogP contribution in [-0.2, 0) is 4.74 Å². The van der Waals surface area contributed by atoms with Gasteiger partial charge in [0.25, 0.3) is 5.91 Å². The third-order valence-corrected chi connectivity index (χ3v) is 2.87. The van der Waals surface area contributed by atoms with E-state index in [2.05, 4.69) is 35.1 Å². The van der Waals surface area contributed by atoms with Crippen LogP contribution in [0.5, 0.6) is 0 Å². The number of rotatable bonds is 7. The first-order valence-electron chi connectivity index (χ1n) is 6.31. The summed E-state index contributed by atoms with van der Waals surface area (Å²) in [4.78, 5) is 11.7. The van der Waals surface area contributed by atoms with Crippen LogP contribution in [0.15, 0.2) is 22.7 Å². The Kier molecular flexibility index (Phi) is 7.02. The van der Waals surface area contributed by atoms with E-state index in [1.807, 2.05) is 0 Å². The molecule has 5 heteroatoms. The fraction of sp³-hybridized carbons (Fsp3) is 0.500. The fourth-order valence-electron chi connectivity index (χ4n) is 1.46. The lowest BCUT2D eigenvalue weighted by molar-refractivity contribution is 0.0921. The Balaban J connectivity index is 2.29. The summed E-state index contributed by atoms with van der Waals surface area (Å²) in [5.74, 6) is -0.412. The van der Waals surface area contributed by atoms with Crippen LogP contribution in [-0.4, -0.2) is 25.7 Å². The molecule has 1 N–H and O–H groups in total. The standard InChI is InChI=1S/C14H19BrFNO2/c1-10(2)9-19-7-3-6-17-14(18)12-8-11(15)4-5-13(12)16/h4-5,8,10H,3,6-7,9H2,1-2H3,(H,17,18). The van der Waals surface area contributed by atoms with Gasteiger partial charge in [0.15, 0.2) is 0 Å². The summed E-state index contributed by atoms with van der Waals surface area (Å²) in [5, 5.41) is 2.68. The molecule has 0 aromatic heterocycles. The van der Waals surface area contributed by atoms with Gasteiger partial charge in [-0.1, -0.05) is 29.8 Å². The van der Waals surface area contributed by atoms with Crippen molar-refractivity contribution in [3.05, 3.63) is 34.1 Å². The van der Waals surface area contributed by atoms with Crippen LogP contribution in [0.1, 0.15) is 30.6 Å². The SMILES string of the molecule is CC(C)COCCCNC(=O)c1cc(Br)ccc1F. The van der Waals surface area contributed by atoms with Gasteiger partial charge in [-0.05, 0) is 30.5 Å². The molecule has 0 atom stereocenters. The first-order valence-corrected chi connectivity index (χ1v) is 7.11. The molecule has 0 bridgehead atoms. The lowest BCUT2D eigenvalue weighted by Gasteiger charge is -2.08. The molecule has 1 aromatic carbocycles. The molecule has 1 amide bonds. The summed E-state index contributed by atoms with van der Waals surface area (Å²) in [6.07, 6.45) is 0.716. The van der Waals surface area contributed by atoms with Crippen molar-refractivity contribution in [1.29, 1.82) is 0 Å². The number of carbonyl (C=O) groups excluding carboxylic acids is 1.